The third-order valence-electron chi connectivity index (χ3n) is 16.7. The maximum absolute atomic E-state index is 10.2. The summed E-state index contributed by atoms with van der Waals surface area (Å²) in [7, 11) is 0. The first-order valence-corrected chi connectivity index (χ1v) is 35.2. The monoisotopic (exact) mass is 1620 g/mol. The molecule has 16 rings (SSSR count). The molecule has 2 radical (unpaired) electrons. The van der Waals surface area contributed by atoms with Gasteiger partial charge in [-0.3, -0.25) is 49.5 Å². The number of hydrogen-bond acceptors (Lipinski definition) is 16. The number of benzene rings is 6. The van der Waals surface area contributed by atoms with Gasteiger partial charge in [-0.2, -0.15) is 0 Å². The van der Waals surface area contributed by atoms with Crippen LogP contribution in [0, 0.1) is 0 Å². The number of carbonyl (C=O) groups is 2. The fraction of sp³-hybridized carbons (Fsp3) is 0.146. The van der Waals surface area contributed by atoms with E-state index >= 15 is 0 Å². The van der Waals surface area contributed by atoms with Crippen molar-refractivity contribution in [1.82, 2.24) is 59.8 Å². The molecule has 0 atom stereocenters. The molecule has 0 saturated heterocycles. The zero-order valence-electron chi connectivity index (χ0n) is 59.5. The first-order chi connectivity index (χ1) is 52.4. The van der Waals surface area contributed by atoms with Crippen LogP contribution < -0.4 is 28.9 Å². The molecule has 0 fully saturated rings. The molecule has 0 saturated carbocycles. The van der Waals surface area contributed by atoms with Crippen molar-refractivity contribution in [1.29, 1.82) is 0 Å². The Bertz CT molecular complexity index is 5070. The minimum Gasteiger partial charge on any atom is -0.494 e. The second-order valence-electron chi connectivity index (χ2n) is 24.3. The summed E-state index contributed by atoms with van der Waals surface area (Å²) in [6, 6.07) is 70.7. The molecule has 10 heterocycles. The molecule has 0 unspecified atom stereocenters. The van der Waals surface area contributed by atoms with Crippen molar-refractivity contribution in [3.05, 3.63) is 290 Å². The number of ether oxygens (including phenoxy) is 4. The van der Waals surface area contributed by atoms with Crippen molar-refractivity contribution in [2.45, 2.75) is 72.6 Å². The second kappa shape index (κ2) is 42.8. The Kier molecular flexibility index (Phi) is 31.7. The summed E-state index contributed by atoms with van der Waals surface area (Å²) < 4.78 is 21.2. The van der Waals surface area contributed by atoms with E-state index in [9.17, 15) is 9.59 Å². The van der Waals surface area contributed by atoms with Gasteiger partial charge in [0.15, 0.2) is 0 Å². The van der Waals surface area contributed by atoms with Crippen LogP contribution in [0.2, 0.25) is 0 Å². The van der Waals surface area contributed by atoms with Crippen molar-refractivity contribution in [3.63, 3.8) is 0 Å². The summed E-state index contributed by atoms with van der Waals surface area (Å²) in [5, 5.41) is 4.55. The summed E-state index contributed by atoms with van der Waals surface area (Å²) in [5.41, 5.74) is 14.5. The molecule has 109 heavy (non-hydrogen) atoms. The molecule has 548 valence electrons. The van der Waals surface area contributed by atoms with Crippen LogP contribution in [0.4, 0.5) is 0 Å². The summed E-state index contributed by atoms with van der Waals surface area (Å²) in [6.45, 7) is 6.67. The number of rotatable bonds is 23. The number of hydrogen-bond donors (Lipinski definition) is 0. The number of imidazole rings is 2. The normalized spacial score (nSPS) is 10.6. The predicted molar refractivity (Wildman–Crippen MR) is 428 cm³/mol. The maximum atomic E-state index is 10.2. The third-order valence-corrected chi connectivity index (χ3v) is 16.7. The largest absolute Gasteiger partial charge is 1.00 e. The molecule has 10 aromatic heterocycles. The van der Waals surface area contributed by atoms with Gasteiger partial charge in [0.2, 0.25) is 0 Å². The second-order valence-corrected chi connectivity index (χ2v) is 24.3. The number of carbonyl (C=O) groups excluding carboxylic acids is 2. The Balaban J connectivity index is 0.000000169. The Morgan fingerprint density at radius 1 is 0.321 bits per heavy atom. The van der Waals surface area contributed by atoms with Crippen LogP contribution >= 0.6 is 0 Å². The van der Waals surface area contributed by atoms with E-state index in [1.807, 2.05) is 122 Å². The Morgan fingerprint density at radius 2 is 0.661 bits per heavy atom. The van der Waals surface area contributed by atoms with Crippen LogP contribution in [-0.2, 0) is 48.5 Å². The van der Waals surface area contributed by atoms with E-state index in [0.717, 1.165) is 137 Å². The van der Waals surface area contributed by atoms with Crippen molar-refractivity contribution in [2.24, 2.45) is 0 Å². The van der Waals surface area contributed by atoms with Gasteiger partial charge in [0.05, 0.1) is 58.1 Å². The zero-order chi connectivity index (χ0) is 72.8. The van der Waals surface area contributed by atoms with Gasteiger partial charge in [-0.05, 0) is 142 Å². The molecule has 0 spiro atoms. The van der Waals surface area contributed by atoms with Crippen molar-refractivity contribution >= 4 is 103 Å². The number of fused-ring (bicyclic) bond motifs is 8. The van der Waals surface area contributed by atoms with E-state index in [1.54, 1.807) is 49.1 Å². The van der Waals surface area contributed by atoms with Crippen molar-refractivity contribution < 1.29 is 67.5 Å². The summed E-state index contributed by atoms with van der Waals surface area (Å²) >= 11 is 0. The number of nitrogens with zero attached hydrogens (tertiary/aromatic N) is 12. The number of para-hydroxylation sites is 4. The first-order valence-electron chi connectivity index (χ1n) is 35.2. The Labute approximate surface area is 659 Å². The van der Waals surface area contributed by atoms with Gasteiger partial charge in [0.25, 0.3) is 12.9 Å². The van der Waals surface area contributed by atoms with Crippen molar-refractivity contribution in [3.8, 4) is 57.4 Å². The van der Waals surface area contributed by atoms with Gasteiger partial charge in [0.1, 0.15) is 23.0 Å². The van der Waals surface area contributed by atoms with Crippen LogP contribution in [0.25, 0.3) is 124 Å². The standard InChI is InChI=1S/C38H44N2O2.C14H8N4.C12H8N2O4.2C12H8N2.CH4.2Ru/c1-3-5-7-9-27-41-35-19-15-31(16-20-35)11-13-33-23-25-39-37(29-33)38-30-34(24-26-40-38)14-12-32-17-21-36(22-18-32)42-28-10-8-6-4-2;1-2-6-10-9(5-1)15-13(16-10)14-17-11-7-3-4-8-12(11)18-14;15-7-17-9-1-3-13-11(5-9)12-6-10(18-8-16)2-4-14-12;2*1-3-9-5-6-10-4-2-8-14-12(10)11(9)13-7-1;;;/h11-26,29-30H,3-10,27-28H2,1-2H3;2*1-8H;2*1-8H;1H4;;/q;-2;;;;;2*+1/b13-11+,14-12+;;;;;;;. The van der Waals surface area contributed by atoms with E-state index in [4.69, 9.17) is 18.9 Å². The average Bonchev–Trinajstić information content (AvgIpc) is 1.73. The maximum Gasteiger partial charge on any atom is 1.00 e. The minimum atomic E-state index is 0. The molecule has 0 amide bonds. The number of unbranched alkanes of at least 4 members (excludes halogenated alkanes) is 6. The molecule has 16 aromatic rings. The van der Waals surface area contributed by atoms with Crippen LogP contribution in [0.5, 0.6) is 23.0 Å². The molecule has 0 N–H and O–H groups in total. The summed E-state index contributed by atoms with van der Waals surface area (Å²) in [4.78, 5) is 73.0. The fourth-order valence-electron chi connectivity index (χ4n) is 11.3. The molecule has 0 bridgehead atoms. The smallest absolute Gasteiger partial charge is 0.494 e. The third kappa shape index (κ3) is 23.4. The van der Waals surface area contributed by atoms with Gasteiger partial charge >= 0.3 is 39.0 Å². The zero-order valence-corrected chi connectivity index (χ0v) is 62.9. The Morgan fingerprint density at radius 3 is 1.01 bits per heavy atom. The summed E-state index contributed by atoms with van der Waals surface area (Å²) in [6.07, 6.45) is 32.0. The molecule has 20 heteroatoms. The predicted octanol–water partition coefficient (Wildman–Crippen LogP) is 20.2. The quantitative estimate of drug-likeness (QED) is 0.0251. The van der Waals surface area contributed by atoms with E-state index in [2.05, 4.69) is 183 Å². The number of aromatic nitrogens is 12. The molecule has 18 nitrogen and oxygen atoms in total. The molecule has 0 aliphatic carbocycles. The Hall–Kier alpha value is -12.2. The van der Waals surface area contributed by atoms with Gasteiger partial charge in [-0.25, -0.2) is 0 Å². The minimum absolute atomic E-state index is 0. The van der Waals surface area contributed by atoms with Crippen LogP contribution in [0.15, 0.2) is 268 Å². The molecular weight excluding hydrogens is 1540 g/mol. The molecule has 0 aliphatic heterocycles. The average molecular weight is 1620 g/mol. The van der Waals surface area contributed by atoms with Gasteiger partial charge in [0, 0.05) is 83.3 Å². The van der Waals surface area contributed by atoms with E-state index in [-0.39, 0.29) is 46.4 Å². The molecule has 0 aliphatic rings. The van der Waals surface area contributed by atoms with Crippen LogP contribution in [0.1, 0.15) is 94.9 Å². The van der Waals surface area contributed by atoms with E-state index in [0.29, 0.717) is 47.5 Å². The van der Waals surface area contributed by atoms with Crippen LogP contribution in [-0.4, -0.2) is 76.0 Å². The fourth-order valence-corrected chi connectivity index (χ4v) is 11.3. The van der Waals surface area contributed by atoms with Gasteiger partial charge < -0.3 is 38.9 Å². The van der Waals surface area contributed by atoms with Gasteiger partial charge in [-0.15, -0.1) is 0 Å². The van der Waals surface area contributed by atoms with E-state index in [1.165, 1.54) is 50.9 Å². The topological polar surface area (TPSA) is 228 Å². The number of pyridine rings is 8. The summed E-state index contributed by atoms with van der Waals surface area (Å²) in [5.74, 6) is 3.75. The van der Waals surface area contributed by atoms with Crippen molar-refractivity contribution in [2.75, 3.05) is 13.2 Å². The SMILES string of the molecule is C.CCCCCCOc1ccc(/C=C/c2ccnc(-c3cc(/C=C/c4ccc(OCCCCCC)cc4)ccn3)c2)cc1.O=COc1ccnc(-c2cc(OC=O)ccn2)c1.[Ru+].[Ru+].c1ccc2[n-]c(-c3nc4ccccc4[n-]3)nc2c1.c1cnc2c(c1)ccc1cccnc12.c1cnc2c(c1)ccc1cccnc12. The van der Waals surface area contributed by atoms with E-state index < -0.39 is 0 Å². The van der Waals surface area contributed by atoms with Crippen LogP contribution in [0.3, 0.4) is 0 Å². The van der Waals surface area contributed by atoms with Gasteiger partial charge in [-0.1, -0.05) is 217 Å². The molecular formula is C89H80N12O6Ru2. The first kappa shape index (κ1) is 80.9. The molecule has 6 aromatic carbocycles.